The summed E-state index contributed by atoms with van der Waals surface area (Å²) in [6, 6.07) is 14.2. The third-order valence-corrected chi connectivity index (χ3v) is 5.33. The fourth-order valence-electron chi connectivity index (χ4n) is 3.42. The fraction of sp³-hybridized carbons (Fsp3) is 0.192. The molecule has 4 aromatic rings. The lowest BCUT2D eigenvalue weighted by Crippen LogP contribution is -2.16. The third kappa shape index (κ3) is 5.06. The Morgan fingerprint density at radius 3 is 2.47 bits per heavy atom. The van der Waals surface area contributed by atoms with Crippen molar-refractivity contribution in [2.24, 2.45) is 0 Å². The van der Waals surface area contributed by atoms with Gasteiger partial charge in [0.1, 0.15) is 11.5 Å². The lowest BCUT2D eigenvalue weighted by molar-refractivity contribution is 0.102. The highest BCUT2D eigenvalue weighted by molar-refractivity contribution is 6.04. The Bertz CT molecular complexity index is 1350. The molecule has 3 aromatic heterocycles. The summed E-state index contributed by atoms with van der Waals surface area (Å²) in [4.78, 5) is 30.3. The Morgan fingerprint density at radius 1 is 0.941 bits per heavy atom. The molecular formula is C26H25FN6O. The average Bonchev–Trinajstić information content (AvgIpc) is 2.85. The number of aryl methyl sites for hydroxylation is 1. The van der Waals surface area contributed by atoms with Gasteiger partial charge in [0.25, 0.3) is 5.91 Å². The van der Waals surface area contributed by atoms with Gasteiger partial charge in [0.2, 0.25) is 0 Å². The van der Waals surface area contributed by atoms with Crippen molar-refractivity contribution < 1.29 is 9.18 Å². The van der Waals surface area contributed by atoms with E-state index in [9.17, 15) is 9.18 Å². The molecule has 0 spiro atoms. The molecule has 0 aliphatic carbocycles. The highest BCUT2D eigenvalue weighted by atomic mass is 19.1. The number of anilines is 2. The van der Waals surface area contributed by atoms with Crippen molar-refractivity contribution in [2.75, 3.05) is 17.7 Å². The van der Waals surface area contributed by atoms with E-state index < -0.39 is 5.67 Å². The van der Waals surface area contributed by atoms with E-state index in [4.69, 9.17) is 4.98 Å². The summed E-state index contributed by atoms with van der Waals surface area (Å²) in [5.74, 6) is 0.932. The third-order valence-electron chi connectivity index (χ3n) is 5.33. The number of nitrogens with one attached hydrogen (secondary N) is 2. The standard InChI is InChI=1S/C26H25FN6O/c1-16-5-6-19(32-25(34)18-8-10-29-22(13-18)26(2,3)27)15-20(16)24-31-12-9-21(33-24)17-7-11-30-23(14-17)28-4/h5-15H,1-4H3,(H,28,30)(H,32,34). The quantitative estimate of drug-likeness (QED) is 0.403. The van der Waals surface area contributed by atoms with Crippen LogP contribution in [0, 0.1) is 6.92 Å². The zero-order valence-electron chi connectivity index (χ0n) is 19.4. The Kier molecular flexibility index (Phi) is 6.32. The molecule has 3 heterocycles. The molecule has 0 aliphatic rings. The van der Waals surface area contributed by atoms with E-state index in [1.807, 2.05) is 50.4 Å². The van der Waals surface area contributed by atoms with Crippen molar-refractivity contribution in [3.63, 3.8) is 0 Å². The van der Waals surface area contributed by atoms with Gasteiger partial charge in [0.15, 0.2) is 5.82 Å². The molecule has 0 saturated heterocycles. The number of nitrogens with zero attached hydrogens (tertiary/aromatic N) is 4. The summed E-state index contributed by atoms with van der Waals surface area (Å²) in [7, 11) is 1.81. The molecule has 34 heavy (non-hydrogen) atoms. The second-order valence-electron chi connectivity index (χ2n) is 8.33. The van der Waals surface area contributed by atoms with Gasteiger partial charge in [-0.3, -0.25) is 9.78 Å². The molecule has 0 saturated carbocycles. The second kappa shape index (κ2) is 9.35. The number of benzene rings is 1. The first-order chi connectivity index (χ1) is 16.2. The number of carbonyl (C=O) groups is 1. The molecule has 8 heteroatoms. The molecule has 0 aliphatic heterocycles. The van der Waals surface area contributed by atoms with Gasteiger partial charge in [-0.1, -0.05) is 6.07 Å². The molecule has 1 aromatic carbocycles. The van der Waals surface area contributed by atoms with Crippen LogP contribution in [-0.4, -0.2) is 32.9 Å². The first-order valence-corrected chi connectivity index (χ1v) is 10.8. The molecule has 0 bridgehead atoms. The number of alkyl halides is 1. The lowest BCUT2D eigenvalue weighted by Gasteiger charge is -2.14. The number of halogens is 1. The number of hydrogen-bond acceptors (Lipinski definition) is 6. The summed E-state index contributed by atoms with van der Waals surface area (Å²) in [5.41, 5.74) is 2.90. The van der Waals surface area contributed by atoms with Crippen molar-refractivity contribution in [3.8, 4) is 22.6 Å². The van der Waals surface area contributed by atoms with Crippen LogP contribution >= 0.6 is 0 Å². The van der Waals surface area contributed by atoms with E-state index >= 15 is 0 Å². The van der Waals surface area contributed by atoms with Gasteiger partial charge in [0, 0.05) is 48.0 Å². The number of amides is 1. The van der Waals surface area contributed by atoms with Gasteiger partial charge in [-0.25, -0.2) is 19.3 Å². The van der Waals surface area contributed by atoms with E-state index in [1.165, 1.54) is 26.1 Å². The molecular weight excluding hydrogens is 431 g/mol. The molecule has 2 N–H and O–H groups in total. The maximum absolute atomic E-state index is 14.3. The van der Waals surface area contributed by atoms with E-state index in [-0.39, 0.29) is 11.6 Å². The van der Waals surface area contributed by atoms with Gasteiger partial charge >= 0.3 is 0 Å². The summed E-state index contributed by atoms with van der Waals surface area (Å²) in [5, 5.41) is 5.90. The normalized spacial score (nSPS) is 11.2. The molecule has 0 fully saturated rings. The monoisotopic (exact) mass is 456 g/mol. The summed E-state index contributed by atoms with van der Waals surface area (Å²) >= 11 is 0. The fourth-order valence-corrected chi connectivity index (χ4v) is 3.42. The number of aromatic nitrogens is 4. The Labute approximate surface area is 197 Å². The van der Waals surface area contributed by atoms with E-state index in [2.05, 4.69) is 25.6 Å². The maximum Gasteiger partial charge on any atom is 0.255 e. The highest BCUT2D eigenvalue weighted by Crippen LogP contribution is 2.27. The van der Waals surface area contributed by atoms with Crippen LogP contribution in [0.4, 0.5) is 15.9 Å². The Balaban J connectivity index is 1.63. The van der Waals surface area contributed by atoms with Gasteiger partial charge in [-0.05, 0) is 68.8 Å². The predicted molar refractivity (Wildman–Crippen MR) is 131 cm³/mol. The van der Waals surface area contributed by atoms with Crippen LogP contribution in [0.5, 0.6) is 0 Å². The predicted octanol–water partition coefficient (Wildman–Crippen LogP) is 5.41. The minimum atomic E-state index is -1.64. The van der Waals surface area contributed by atoms with Crippen LogP contribution in [0.3, 0.4) is 0 Å². The molecule has 0 unspecified atom stereocenters. The number of carbonyl (C=O) groups excluding carboxylic acids is 1. The van der Waals surface area contributed by atoms with Crippen molar-refractivity contribution in [1.29, 1.82) is 0 Å². The first-order valence-electron chi connectivity index (χ1n) is 10.8. The highest BCUT2D eigenvalue weighted by Gasteiger charge is 2.22. The minimum absolute atomic E-state index is 0.201. The van der Waals surface area contributed by atoms with Crippen molar-refractivity contribution in [2.45, 2.75) is 26.4 Å². The summed E-state index contributed by atoms with van der Waals surface area (Å²) in [6.45, 7) is 4.77. The van der Waals surface area contributed by atoms with E-state index in [0.717, 1.165) is 28.2 Å². The van der Waals surface area contributed by atoms with E-state index in [0.29, 0.717) is 17.1 Å². The Morgan fingerprint density at radius 2 is 1.71 bits per heavy atom. The first kappa shape index (κ1) is 23.0. The van der Waals surface area contributed by atoms with Crippen LogP contribution in [0.25, 0.3) is 22.6 Å². The van der Waals surface area contributed by atoms with Crippen molar-refractivity contribution in [3.05, 3.63) is 83.9 Å². The molecule has 172 valence electrons. The average molecular weight is 457 g/mol. The van der Waals surface area contributed by atoms with Crippen molar-refractivity contribution >= 4 is 17.4 Å². The maximum atomic E-state index is 14.3. The van der Waals surface area contributed by atoms with Crippen LogP contribution < -0.4 is 10.6 Å². The largest absolute Gasteiger partial charge is 0.373 e. The molecule has 0 radical (unpaired) electrons. The Hall–Kier alpha value is -4.20. The SMILES string of the molecule is CNc1cc(-c2ccnc(-c3cc(NC(=O)c4ccnc(C(C)(C)F)c4)ccc3C)n2)ccn1. The zero-order valence-corrected chi connectivity index (χ0v) is 19.4. The van der Waals surface area contributed by atoms with Crippen molar-refractivity contribution in [1.82, 2.24) is 19.9 Å². The van der Waals surface area contributed by atoms with Gasteiger partial charge < -0.3 is 10.6 Å². The van der Waals surface area contributed by atoms with Crippen LogP contribution in [-0.2, 0) is 5.67 Å². The smallest absolute Gasteiger partial charge is 0.255 e. The van der Waals surface area contributed by atoms with Gasteiger partial charge in [-0.15, -0.1) is 0 Å². The number of hydrogen-bond donors (Lipinski definition) is 2. The molecule has 4 rings (SSSR count). The number of pyridine rings is 2. The summed E-state index contributed by atoms with van der Waals surface area (Å²) in [6.07, 6.45) is 4.86. The second-order valence-corrected chi connectivity index (χ2v) is 8.33. The zero-order chi connectivity index (χ0) is 24.3. The van der Waals surface area contributed by atoms with E-state index in [1.54, 1.807) is 18.5 Å². The molecule has 0 atom stereocenters. The lowest BCUT2D eigenvalue weighted by atomic mass is 10.0. The topological polar surface area (TPSA) is 92.7 Å². The number of rotatable bonds is 6. The van der Waals surface area contributed by atoms with Gasteiger partial charge in [-0.2, -0.15) is 0 Å². The molecule has 7 nitrogen and oxygen atoms in total. The molecule has 1 amide bonds. The van der Waals surface area contributed by atoms with Crippen LogP contribution in [0.15, 0.2) is 67.1 Å². The van der Waals surface area contributed by atoms with Gasteiger partial charge in [0.05, 0.1) is 11.4 Å². The summed E-state index contributed by atoms with van der Waals surface area (Å²) < 4.78 is 14.3. The van der Waals surface area contributed by atoms with Crippen LogP contribution in [0.2, 0.25) is 0 Å². The van der Waals surface area contributed by atoms with Crippen LogP contribution in [0.1, 0.15) is 35.5 Å². The minimum Gasteiger partial charge on any atom is -0.373 e.